The summed E-state index contributed by atoms with van der Waals surface area (Å²) in [6.45, 7) is 4.07. The van der Waals surface area contributed by atoms with E-state index < -0.39 is 10.0 Å². The second-order valence-corrected chi connectivity index (χ2v) is 8.13. The maximum Gasteiger partial charge on any atom is 0.249 e. The third kappa shape index (κ3) is 3.38. The summed E-state index contributed by atoms with van der Waals surface area (Å²) in [5, 5.41) is 6.00. The molecule has 1 aliphatic heterocycles. The van der Waals surface area contributed by atoms with Gasteiger partial charge in [-0.25, -0.2) is 13.1 Å². The largest absolute Gasteiger partial charge is 0.351 e. The first-order valence-corrected chi connectivity index (χ1v) is 8.74. The van der Waals surface area contributed by atoms with Crippen LogP contribution in [-0.2, 0) is 21.4 Å². The molecule has 1 aliphatic rings. The highest BCUT2D eigenvalue weighted by Crippen LogP contribution is 2.21. The number of hydrogen-bond acceptors (Lipinski definition) is 5. The number of carbonyl (C=O) groups excluding carboxylic acids is 1. The third-order valence-corrected chi connectivity index (χ3v) is 6.53. The highest BCUT2D eigenvalue weighted by atomic mass is 32.2. The summed E-state index contributed by atoms with van der Waals surface area (Å²) in [4.78, 5) is 12.8. The third-order valence-electron chi connectivity index (χ3n) is 3.54. The highest BCUT2D eigenvalue weighted by Gasteiger charge is 2.28. The van der Waals surface area contributed by atoms with Crippen molar-refractivity contribution < 1.29 is 13.2 Å². The van der Waals surface area contributed by atoms with Crippen molar-refractivity contribution in [2.45, 2.75) is 17.7 Å². The van der Waals surface area contributed by atoms with Gasteiger partial charge in [-0.15, -0.1) is 11.3 Å². The lowest BCUT2D eigenvalue weighted by Crippen LogP contribution is -2.49. The van der Waals surface area contributed by atoms with E-state index in [4.69, 9.17) is 0 Å². The zero-order chi connectivity index (χ0) is 14.8. The molecule has 2 heterocycles. The predicted octanol–water partition coefficient (Wildman–Crippen LogP) is 0.128. The summed E-state index contributed by atoms with van der Waals surface area (Å²) in [5.41, 5.74) is 0. The Labute approximate surface area is 123 Å². The van der Waals surface area contributed by atoms with E-state index in [1.54, 1.807) is 12.1 Å². The lowest BCUT2D eigenvalue weighted by Gasteiger charge is -2.31. The van der Waals surface area contributed by atoms with Crippen LogP contribution in [0.15, 0.2) is 16.3 Å². The fourth-order valence-corrected chi connectivity index (χ4v) is 4.05. The van der Waals surface area contributed by atoms with Gasteiger partial charge in [-0.2, -0.15) is 0 Å². The molecule has 0 bridgehead atoms. The van der Waals surface area contributed by atoms with Crippen molar-refractivity contribution in [2.75, 3.05) is 20.1 Å². The van der Waals surface area contributed by atoms with Crippen molar-refractivity contribution in [1.29, 1.82) is 0 Å². The van der Waals surface area contributed by atoms with Crippen LogP contribution in [0, 0.1) is 11.8 Å². The van der Waals surface area contributed by atoms with Gasteiger partial charge >= 0.3 is 0 Å². The van der Waals surface area contributed by atoms with Crippen LogP contribution in [0.25, 0.3) is 0 Å². The Hall–Kier alpha value is -0.960. The van der Waals surface area contributed by atoms with Crippen molar-refractivity contribution in [3.8, 4) is 0 Å². The number of rotatable bonds is 6. The molecule has 0 saturated carbocycles. The molecule has 1 saturated heterocycles. The molecule has 0 spiro atoms. The van der Waals surface area contributed by atoms with Crippen molar-refractivity contribution >= 4 is 27.3 Å². The summed E-state index contributed by atoms with van der Waals surface area (Å²) in [6.07, 6.45) is 0. The molecule has 20 heavy (non-hydrogen) atoms. The summed E-state index contributed by atoms with van der Waals surface area (Å²) in [6, 6.07) is 3.28. The highest BCUT2D eigenvalue weighted by molar-refractivity contribution is 7.91. The van der Waals surface area contributed by atoms with Crippen LogP contribution in [0.5, 0.6) is 0 Å². The number of sulfonamides is 1. The zero-order valence-electron chi connectivity index (χ0n) is 11.5. The second kappa shape index (κ2) is 6.21. The molecule has 8 heteroatoms. The molecule has 6 nitrogen and oxygen atoms in total. The summed E-state index contributed by atoms with van der Waals surface area (Å²) >= 11 is 1.17. The number of carbonyl (C=O) groups is 1. The van der Waals surface area contributed by atoms with Crippen LogP contribution in [0.1, 0.15) is 11.8 Å². The molecule has 1 aromatic heterocycles. The normalized spacial score (nSPS) is 17.5. The van der Waals surface area contributed by atoms with Crippen LogP contribution < -0.4 is 15.4 Å². The molecule has 0 aliphatic carbocycles. The molecule has 1 atom stereocenters. The lowest BCUT2D eigenvalue weighted by molar-refractivity contribution is -0.126. The molecule has 112 valence electrons. The maximum absolute atomic E-state index is 11.9. The first kappa shape index (κ1) is 15.4. The van der Waals surface area contributed by atoms with Crippen molar-refractivity contribution in [2.24, 2.45) is 11.8 Å². The Bertz CT molecular complexity index is 579. The minimum Gasteiger partial charge on any atom is -0.351 e. The monoisotopic (exact) mass is 317 g/mol. The van der Waals surface area contributed by atoms with Crippen LogP contribution in [-0.4, -0.2) is 34.5 Å². The topological polar surface area (TPSA) is 87.3 Å². The Kier molecular flexibility index (Phi) is 4.79. The molecule has 2 rings (SSSR count). The number of nitrogens with one attached hydrogen (secondary N) is 3. The second-order valence-electron chi connectivity index (χ2n) is 4.85. The Morgan fingerprint density at radius 2 is 2.20 bits per heavy atom. The quantitative estimate of drug-likeness (QED) is 0.696. The number of thiophene rings is 1. The van der Waals surface area contributed by atoms with E-state index in [0.29, 0.717) is 12.5 Å². The van der Waals surface area contributed by atoms with E-state index in [1.165, 1.54) is 18.4 Å². The lowest BCUT2D eigenvalue weighted by atomic mass is 9.88. The maximum atomic E-state index is 11.9. The van der Waals surface area contributed by atoms with Gasteiger partial charge in [0.05, 0.1) is 6.54 Å². The van der Waals surface area contributed by atoms with Crippen LogP contribution >= 0.6 is 11.3 Å². The predicted molar refractivity (Wildman–Crippen MR) is 77.9 cm³/mol. The van der Waals surface area contributed by atoms with Gasteiger partial charge < -0.3 is 10.6 Å². The summed E-state index contributed by atoms with van der Waals surface area (Å²) in [7, 11) is -2.01. The summed E-state index contributed by atoms with van der Waals surface area (Å²) < 4.78 is 25.7. The Balaban J connectivity index is 1.89. The zero-order valence-corrected chi connectivity index (χ0v) is 13.1. The van der Waals surface area contributed by atoms with Crippen LogP contribution in [0.4, 0.5) is 0 Å². The van der Waals surface area contributed by atoms with Gasteiger partial charge in [-0.3, -0.25) is 4.79 Å². The number of amides is 1. The molecule has 3 N–H and O–H groups in total. The minimum absolute atomic E-state index is 0.0166. The van der Waals surface area contributed by atoms with E-state index in [-0.39, 0.29) is 16.0 Å². The minimum atomic E-state index is -3.39. The van der Waals surface area contributed by atoms with Gasteiger partial charge in [0.1, 0.15) is 4.21 Å². The molecular weight excluding hydrogens is 298 g/mol. The average Bonchev–Trinajstić information content (AvgIpc) is 2.83. The Morgan fingerprint density at radius 1 is 1.50 bits per heavy atom. The molecule has 1 amide bonds. The van der Waals surface area contributed by atoms with Crippen molar-refractivity contribution in [1.82, 2.24) is 15.4 Å². The van der Waals surface area contributed by atoms with Crippen LogP contribution in [0.3, 0.4) is 0 Å². The van der Waals surface area contributed by atoms with Gasteiger partial charge in [0.15, 0.2) is 0 Å². The smallest absolute Gasteiger partial charge is 0.249 e. The SMILES string of the molecule is CNS(=O)(=O)c1ccc(CNC(=O)C(C)C2CNC2)s1. The standard InChI is InChI=1S/C12H19N3O3S2/c1-8(9-5-14-6-9)12(16)15-7-10-3-4-11(19-10)20(17,18)13-2/h3-4,8-9,13-14H,5-7H2,1-2H3,(H,15,16). The van der Waals surface area contributed by atoms with Gasteiger partial charge in [0.2, 0.25) is 15.9 Å². The number of hydrogen-bond donors (Lipinski definition) is 3. The first-order chi connectivity index (χ1) is 9.44. The fraction of sp³-hybridized carbons (Fsp3) is 0.583. The van der Waals surface area contributed by atoms with Gasteiger partial charge in [-0.05, 0) is 38.2 Å². The van der Waals surface area contributed by atoms with Gasteiger partial charge in [0, 0.05) is 10.8 Å². The molecule has 1 unspecified atom stereocenters. The molecule has 0 aromatic carbocycles. The fourth-order valence-electron chi connectivity index (χ4n) is 1.91. The first-order valence-electron chi connectivity index (χ1n) is 6.44. The van der Waals surface area contributed by atoms with E-state index >= 15 is 0 Å². The van der Waals surface area contributed by atoms with Crippen LogP contribution in [0.2, 0.25) is 0 Å². The Morgan fingerprint density at radius 3 is 2.75 bits per heavy atom. The van der Waals surface area contributed by atoms with Gasteiger partial charge in [-0.1, -0.05) is 6.92 Å². The molecule has 1 fully saturated rings. The molecular formula is C12H19N3O3S2. The van der Waals surface area contributed by atoms with Crippen molar-refractivity contribution in [3.63, 3.8) is 0 Å². The summed E-state index contributed by atoms with van der Waals surface area (Å²) in [5.74, 6) is 0.401. The molecule has 0 radical (unpaired) electrons. The van der Waals surface area contributed by atoms with Crippen molar-refractivity contribution in [3.05, 3.63) is 17.0 Å². The van der Waals surface area contributed by atoms with Gasteiger partial charge in [0.25, 0.3) is 0 Å². The van der Waals surface area contributed by atoms with E-state index in [1.807, 2.05) is 6.92 Å². The van der Waals surface area contributed by atoms with E-state index in [2.05, 4.69) is 15.4 Å². The van der Waals surface area contributed by atoms with E-state index in [9.17, 15) is 13.2 Å². The molecule has 1 aromatic rings. The average molecular weight is 317 g/mol. The van der Waals surface area contributed by atoms with E-state index in [0.717, 1.165) is 18.0 Å².